The molecule has 0 spiro atoms. The largest absolute Gasteiger partial charge is 0.497 e. The van der Waals surface area contributed by atoms with Crippen molar-refractivity contribution in [3.8, 4) is 22.9 Å². The highest BCUT2D eigenvalue weighted by atomic mass is 19.1. The Hall–Kier alpha value is -3.42. The number of benzene rings is 2. The summed E-state index contributed by atoms with van der Waals surface area (Å²) < 4.78 is 29.2. The molecular weight excluding hydrogens is 353 g/mol. The molecule has 0 saturated heterocycles. The van der Waals surface area contributed by atoms with Crippen LogP contribution >= 0.6 is 0 Å². The Morgan fingerprint density at radius 3 is 2.74 bits per heavy atom. The van der Waals surface area contributed by atoms with Crippen LogP contribution in [-0.4, -0.2) is 30.3 Å². The lowest BCUT2D eigenvalue weighted by Crippen LogP contribution is -2.13. The number of carbonyl (C=O) groups excluding carboxylic acids is 1. The van der Waals surface area contributed by atoms with Crippen molar-refractivity contribution in [3.63, 3.8) is 0 Å². The number of nitrogens with zero attached hydrogens (tertiary/aromatic N) is 2. The molecule has 2 aromatic carbocycles. The SMILES string of the molecule is COc1ccc(OC)c(NC(=O)CCc2nc(-c3ccccc3F)no2)c1. The summed E-state index contributed by atoms with van der Waals surface area (Å²) in [4.78, 5) is 16.4. The van der Waals surface area contributed by atoms with Gasteiger partial charge in [-0.05, 0) is 24.3 Å². The summed E-state index contributed by atoms with van der Waals surface area (Å²) in [5, 5.41) is 6.53. The first-order valence-electron chi connectivity index (χ1n) is 8.20. The van der Waals surface area contributed by atoms with Crippen molar-refractivity contribution in [2.24, 2.45) is 0 Å². The second kappa shape index (κ2) is 8.31. The Bertz CT molecular complexity index is 942. The summed E-state index contributed by atoms with van der Waals surface area (Å²) >= 11 is 0. The topological polar surface area (TPSA) is 86.5 Å². The highest BCUT2D eigenvalue weighted by molar-refractivity contribution is 5.92. The molecule has 0 bridgehead atoms. The number of methoxy groups -OCH3 is 2. The van der Waals surface area contributed by atoms with Gasteiger partial charge in [0.05, 0.1) is 25.5 Å². The van der Waals surface area contributed by atoms with Gasteiger partial charge in [0.1, 0.15) is 17.3 Å². The molecule has 0 radical (unpaired) electrons. The van der Waals surface area contributed by atoms with E-state index in [-0.39, 0.29) is 36.0 Å². The number of carbonyl (C=O) groups is 1. The third kappa shape index (κ3) is 4.41. The van der Waals surface area contributed by atoms with Crippen LogP contribution in [0, 0.1) is 5.82 Å². The van der Waals surface area contributed by atoms with Crippen LogP contribution in [0.25, 0.3) is 11.4 Å². The van der Waals surface area contributed by atoms with Gasteiger partial charge in [-0.25, -0.2) is 4.39 Å². The fourth-order valence-corrected chi connectivity index (χ4v) is 2.45. The van der Waals surface area contributed by atoms with Crippen LogP contribution in [0.3, 0.4) is 0 Å². The number of rotatable bonds is 7. The van der Waals surface area contributed by atoms with Crippen LogP contribution < -0.4 is 14.8 Å². The van der Waals surface area contributed by atoms with Crippen molar-refractivity contribution in [2.75, 3.05) is 19.5 Å². The van der Waals surface area contributed by atoms with Gasteiger partial charge in [0.2, 0.25) is 17.6 Å². The number of ether oxygens (including phenoxy) is 2. The van der Waals surface area contributed by atoms with Crippen LogP contribution in [0.2, 0.25) is 0 Å². The molecule has 0 aliphatic heterocycles. The van der Waals surface area contributed by atoms with E-state index >= 15 is 0 Å². The van der Waals surface area contributed by atoms with Gasteiger partial charge in [0, 0.05) is 18.9 Å². The number of halogens is 1. The molecule has 1 N–H and O–H groups in total. The monoisotopic (exact) mass is 371 g/mol. The summed E-state index contributed by atoms with van der Waals surface area (Å²) in [6, 6.07) is 11.2. The van der Waals surface area contributed by atoms with Gasteiger partial charge >= 0.3 is 0 Å². The molecule has 1 aromatic heterocycles. The standard InChI is InChI=1S/C19H18FN3O4/c1-25-12-7-8-16(26-2)15(11-12)21-17(24)9-10-18-22-19(23-27-18)13-5-3-4-6-14(13)20/h3-8,11H,9-10H2,1-2H3,(H,21,24). The van der Waals surface area contributed by atoms with E-state index in [9.17, 15) is 9.18 Å². The number of hydrogen-bond acceptors (Lipinski definition) is 6. The van der Waals surface area contributed by atoms with E-state index in [1.807, 2.05) is 0 Å². The van der Waals surface area contributed by atoms with Crippen LogP contribution in [0.5, 0.6) is 11.5 Å². The molecule has 27 heavy (non-hydrogen) atoms. The van der Waals surface area contributed by atoms with Gasteiger partial charge in [-0.1, -0.05) is 17.3 Å². The number of nitrogens with one attached hydrogen (secondary N) is 1. The first-order valence-corrected chi connectivity index (χ1v) is 8.20. The highest BCUT2D eigenvalue weighted by Crippen LogP contribution is 2.29. The molecule has 0 saturated carbocycles. The van der Waals surface area contributed by atoms with Crippen molar-refractivity contribution < 1.29 is 23.2 Å². The predicted molar refractivity (Wildman–Crippen MR) is 96.2 cm³/mol. The lowest BCUT2D eigenvalue weighted by atomic mass is 10.2. The molecule has 1 amide bonds. The molecule has 0 unspecified atom stereocenters. The zero-order chi connectivity index (χ0) is 19.2. The van der Waals surface area contributed by atoms with E-state index in [0.29, 0.717) is 17.2 Å². The summed E-state index contributed by atoms with van der Waals surface area (Å²) in [7, 11) is 3.05. The normalized spacial score (nSPS) is 10.5. The smallest absolute Gasteiger partial charge is 0.227 e. The highest BCUT2D eigenvalue weighted by Gasteiger charge is 2.14. The van der Waals surface area contributed by atoms with E-state index < -0.39 is 5.82 Å². The first kappa shape index (κ1) is 18.4. The molecule has 0 aliphatic rings. The summed E-state index contributed by atoms with van der Waals surface area (Å²) in [5.41, 5.74) is 0.748. The van der Waals surface area contributed by atoms with Crippen LogP contribution in [0.15, 0.2) is 47.0 Å². The summed E-state index contributed by atoms with van der Waals surface area (Å²) in [5.74, 6) is 0.820. The summed E-state index contributed by atoms with van der Waals surface area (Å²) in [6.07, 6.45) is 0.332. The van der Waals surface area contributed by atoms with E-state index in [1.165, 1.54) is 20.3 Å². The number of aryl methyl sites for hydroxylation is 1. The van der Waals surface area contributed by atoms with Gasteiger partial charge in [0.15, 0.2) is 0 Å². The lowest BCUT2D eigenvalue weighted by Gasteiger charge is -2.11. The maximum atomic E-state index is 13.8. The minimum absolute atomic E-state index is 0.110. The fourth-order valence-electron chi connectivity index (χ4n) is 2.45. The van der Waals surface area contributed by atoms with E-state index in [4.69, 9.17) is 14.0 Å². The fraction of sp³-hybridized carbons (Fsp3) is 0.211. The second-order valence-electron chi connectivity index (χ2n) is 5.61. The van der Waals surface area contributed by atoms with Crippen LogP contribution in [0.4, 0.5) is 10.1 Å². The predicted octanol–water partition coefficient (Wildman–Crippen LogP) is 3.46. The minimum Gasteiger partial charge on any atom is -0.497 e. The van der Waals surface area contributed by atoms with Gasteiger partial charge in [-0.15, -0.1) is 0 Å². The lowest BCUT2D eigenvalue weighted by molar-refractivity contribution is -0.116. The van der Waals surface area contributed by atoms with Crippen LogP contribution in [-0.2, 0) is 11.2 Å². The molecule has 0 atom stereocenters. The molecule has 8 heteroatoms. The van der Waals surface area contributed by atoms with Crippen molar-refractivity contribution in [2.45, 2.75) is 12.8 Å². The van der Waals surface area contributed by atoms with Gasteiger partial charge in [-0.3, -0.25) is 4.79 Å². The first-order chi connectivity index (χ1) is 13.1. The zero-order valence-corrected chi connectivity index (χ0v) is 14.9. The Kier molecular flexibility index (Phi) is 5.65. The van der Waals surface area contributed by atoms with Crippen molar-refractivity contribution in [1.82, 2.24) is 10.1 Å². The van der Waals surface area contributed by atoms with Crippen molar-refractivity contribution >= 4 is 11.6 Å². The molecule has 3 aromatic rings. The van der Waals surface area contributed by atoms with E-state index in [2.05, 4.69) is 15.5 Å². The van der Waals surface area contributed by atoms with Gasteiger partial charge in [0.25, 0.3) is 0 Å². The summed E-state index contributed by atoms with van der Waals surface area (Å²) in [6.45, 7) is 0. The second-order valence-corrected chi connectivity index (χ2v) is 5.61. The minimum atomic E-state index is -0.437. The quantitative estimate of drug-likeness (QED) is 0.684. The molecule has 7 nitrogen and oxygen atoms in total. The molecule has 0 aliphatic carbocycles. The Morgan fingerprint density at radius 2 is 2.00 bits per heavy atom. The van der Waals surface area contributed by atoms with Gasteiger partial charge in [-0.2, -0.15) is 4.98 Å². The average molecular weight is 371 g/mol. The molecule has 3 rings (SSSR count). The van der Waals surface area contributed by atoms with Gasteiger partial charge < -0.3 is 19.3 Å². The number of anilines is 1. The third-order valence-corrected chi connectivity index (χ3v) is 3.83. The third-order valence-electron chi connectivity index (χ3n) is 3.83. The zero-order valence-electron chi connectivity index (χ0n) is 14.9. The Morgan fingerprint density at radius 1 is 1.19 bits per heavy atom. The van der Waals surface area contributed by atoms with Crippen molar-refractivity contribution in [3.05, 3.63) is 54.2 Å². The molecule has 1 heterocycles. The maximum Gasteiger partial charge on any atom is 0.227 e. The Balaban J connectivity index is 1.63. The molecular formula is C19H18FN3O4. The number of amides is 1. The average Bonchev–Trinajstić information content (AvgIpc) is 3.15. The number of hydrogen-bond donors (Lipinski definition) is 1. The van der Waals surface area contributed by atoms with Crippen molar-refractivity contribution in [1.29, 1.82) is 0 Å². The molecule has 0 fully saturated rings. The maximum absolute atomic E-state index is 13.8. The molecule has 140 valence electrons. The van der Waals surface area contributed by atoms with E-state index in [1.54, 1.807) is 36.4 Å². The van der Waals surface area contributed by atoms with E-state index in [0.717, 1.165) is 0 Å². The van der Waals surface area contributed by atoms with Crippen LogP contribution in [0.1, 0.15) is 12.3 Å². The Labute approximate surface area is 155 Å². The number of aromatic nitrogens is 2.